The Bertz CT molecular complexity index is 1110. The Kier molecular flexibility index (Phi) is 3.99. The van der Waals surface area contributed by atoms with Crippen LogP contribution in [0.4, 0.5) is 0 Å². The maximum atomic E-state index is 9.21. The average molecular weight is 385 g/mol. The first-order valence-corrected chi connectivity index (χ1v) is 10.7. The topological polar surface area (TPSA) is 35.8 Å². The Balaban J connectivity index is 1.72. The Labute approximate surface area is 173 Å². The molecule has 1 aliphatic heterocycles. The van der Waals surface area contributed by atoms with E-state index in [4.69, 9.17) is 0 Å². The molecule has 0 bridgehead atoms. The summed E-state index contributed by atoms with van der Waals surface area (Å²) in [5, 5.41) is 12.6. The van der Waals surface area contributed by atoms with Crippen molar-refractivity contribution in [2.45, 2.75) is 46.6 Å². The van der Waals surface area contributed by atoms with E-state index in [2.05, 4.69) is 79.4 Å². The molecule has 2 aromatic rings. The molecule has 0 spiro atoms. The number of hydrogen-bond acceptors (Lipinski definition) is 3. The third-order valence-corrected chi connectivity index (χ3v) is 7.38. The molecule has 5 rings (SSSR count). The zero-order chi connectivity index (χ0) is 20.3. The summed E-state index contributed by atoms with van der Waals surface area (Å²) in [5.41, 5.74) is 11.7. The number of benzene rings is 2. The minimum absolute atomic E-state index is 0.0254. The largest absolute Gasteiger partial charge is 0.411 e. The second-order valence-corrected chi connectivity index (χ2v) is 8.66. The van der Waals surface area contributed by atoms with Crippen molar-refractivity contribution in [3.05, 3.63) is 81.6 Å². The molecule has 1 N–H and O–H groups in total. The van der Waals surface area contributed by atoms with Crippen LogP contribution in [0.15, 0.2) is 58.9 Å². The summed E-state index contributed by atoms with van der Waals surface area (Å²) in [5.74, 6) is 0. The molecule has 0 fully saturated rings. The van der Waals surface area contributed by atoms with E-state index in [1.807, 2.05) is 6.92 Å². The van der Waals surface area contributed by atoms with Crippen LogP contribution in [0.1, 0.15) is 68.0 Å². The first-order valence-electron chi connectivity index (χ1n) is 10.7. The highest BCUT2D eigenvalue weighted by molar-refractivity contribution is 5.99. The Hall–Kier alpha value is -2.81. The molecule has 3 aliphatic rings. The lowest BCUT2D eigenvalue weighted by molar-refractivity contribution is 0.249. The van der Waals surface area contributed by atoms with E-state index < -0.39 is 0 Å². The van der Waals surface area contributed by atoms with Crippen LogP contribution in [-0.4, -0.2) is 22.4 Å². The lowest BCUT2D eigenvalue weighted by Gasteiger charge is -2.48. The van der Waals surface area contributed by atoms with Gasteiger partial charge in [0.25, 0.3) is 0 Å². The summed E-state index contributed by atoms with van der Waals surface area (Å²) >= 11 is 0. The molecule has 0 amide bonds. The highest BCUT2D eigenvalue weighted by Gasteiger charge is 2.50. The van der Waals surface area contributed by atoms with Gasteiger partial charge in [0.2, 0.25) is 0 Å². The van der Waals surface area contributed by atoms with Gasteiger partial charge < -0.3 is 10.1 Å². The summed E-state index contributed by atoms with van der Waals surface area (Å²) in [7, 11) is 0. The van der Waals surface area contributed by atoms with Crippen molar-refractivity contribution in [2.24, 2.45) is 10.6 Å². The van der Waals surface area contributed by atoms with E-state index >= 15 is 0 Å². The Morgan fingerprint density at radius 3 is 2.72 bits per heavy atom. The molecule has 0 saturated heterocycles. The van der Waals surface area contributed by atoms with Crippen LogP contribution in [0, 0.1) is 5.41 Å². The van der Waals surface area contributed by atoms with Crippen LogP contribution in [-0.2, 0) is 6.42 Å². The summed E-state index contributed by atoms with van der Waals surface area (Å²) in [6.45, 7) is 9.87. The molecule has 2 atom stereocenters. The summed E-state index contributed by atoms with van der Waals surface area (Å²) in [6.07, 6.45) is 4.48. The van der Waals surface area contributed by atoms with Crippen molar-refractivity contribution < 1.29 is 5.21 Å². The lowest BCUT2D eigenvalue weighted by atomic mass is 9.66. The van der Waals surface area contributed by atoms with Crippen molar-refractivity contribution >= 4 is 17.4 Å². The van der Waals surface area contributed by atoms with Crippen LogP contribution in [0.2, 0.25) is 0 Å². The second-order valence-electron chi connectivity index (χ2n) is 8.66. The SMILES string of the molecule is CCN1C2=C(c3ccc(C(C)=NO)cc3C2)C(C)(CC)C2=Cc3ccccc3C21. The number of rotatable bonds is 3. The molecule has 2 unspecified atom stereocenters. The maximum absolute atomic E-state index is 9.21. The Morgan fingerprint density at radius 2 is 2.00 bits per heavy atom. The van der Waals surface area contributed by atoms with Crippen molar-refractivity contribution in [2.75, 3.05) is 6.54 Å². The molecule has 0 saturated carbocycles. The molecule has 3 heteroatoms. The van der Waals surface area contributed by atoms with Gasteiger partial charge in [-0.1, -0.05) is 61.5 Å². The van der Waals surface area contributed by atoms with Gasteiger partial charge in [-0.2, -0.15) is 0 Å². The molecule has 148 valence electrons. The zero-order valence-electron chi connectivity index (χ0n) is 17.7. The van der Waals surface area contributed by atoms with Crippen LogP contribution in [0.3, 0.4) is 0 Å². The van der Waals surface area contributed by atoms with Crippen molar-refractivity contribution in [3.63, 3.8) is 0 Å². The fourth-order valence-electron chi connectivity index (χ4n) is 5.71. The molecule has 1 heterocycles. The van der Waals surface area contributed by atoms with Crippen LogP contribution < -0.4 is 0 Å². The minimum Gasteiger partial charge on any atom is -0.411 e. The van der Waals surface area contributed by atoms with E-state index in [9.17, 15) is 5.21 Å². The van der Waals surface area contributed by atoms with Crippen LogP contribution in [0.25, 0.3) is 11.6 Å². The van der Waals surface area contributed by atoms with Gasteiger partial charge in [0.15, 0.2) is 0 Å². The van der Waals surface area contributed by atoms with E-state index in [0.29, 0.717) is 11.8 Å². The normalized spacial score (nSPS) is 24.8. The van der Waals surface area contributed by atoms with E-state index in [1.165, 1.54) is 39.1 Å². The van der Waals surface area contributed by atoms with Crippen LogP contribution in [0.5, 0.6) is 0 Å². The van der Waals surface area contributed by atoms with Gasteiger partial charge in [0.05, 0.1) is 11.8 Å². The Morgan fingerprint density at radius 1 is 1.21 bits per heavy atom. The van der Waals surface area contributed by atoms with Crippen LogP contribution >= 0.6 is 0 Å². The van der Waals surface area contributed by atoms with Gasteiger partial charge in [0.1, 0.15) is 0 Å². The molecule has 0 aromatic heterocycles. The zero-order valence-corrected chi connectivity index (χ0v) is 17.7. The highest BCUT2D eigenvalue weighted by Crippen LogP contribution is 2.62. The minimum atomic E-state index is 0.0254. The molecule has 0 radical (unpaired) electrons. The molecule has 2 aromatic carbocycles. The quantitative estimate of drug-likeness (QED) is 0.398. The molecular formula is C26H28N2O. The maximum Gasteiger partial charge on any atom is 0.0837 e. The van der Waals surface area contributed by atoms with Crippen molar-refractivity contribution in [1.82, 2.24) is 4.90 Å². The summed E-state index contributed by atoms with van der Waals surface area (Å²) in [6, 6.07) is 15.8. The number of allylic oxidation sites excluding steroid dienone is 2. The third kappa shape index (κ3) is 2.33. The lowest BCUT2D eigenvalue weighted by Crippen LogP contribution is -2.39. The molecule has 2 aliphatic carbocycles. The van der Waals surface area contributed by atoms with Crippen molar-refractivity contribution in [3.8, 4) is 0 Å². The van der Waals surface area contributed by atoms with E-state index in [1.54, 1.807) is 0 Å². The standard InChI is InChI=1S/C26H28N2O/c1-5-26(4)22-14-18-9-7-8-10-21(18)25(22)28(6-2)23-15-19-13-17(16(3)27-29)11-12-20(19)24(23)26/h7-14,25,29H,5-6,15H2,1-4H3. The number of oxime groups is 1. The highest BCUT2D eigenvalue weighted by atomic mass is 16.4. The summed E-state index contributed by atoms with van der Waals surface area (Å²) < 4.78 is 0. The number of likely N-dealkylation sites (N-methyl/N-ethyl adjacent to an activating group) is 1. The monoisotopic (exact) mass is 384 g/mol. The average Bonchev–Trinajstić information content (AvgIpc) is 3.33. The molecule has 29 heavy (non-hydrogen) atoms. The van der Waals surface area contributed by atoms with Gasteiger partial charge >= 0.3 is 0 Å². The predicted octanol–water partition coefficient (Wildman–Crippen LogP) is 6.04. The summed E-state index contributed by atoms with van der Waals surface area (Å²) in [4.78, 5) is 2.62. The predicted molar refractivity (Wildman–Crippen MR) is 119 cm³/mol. The number of fused-ring (bicyclic) bond motifs is 5. The second kappa shape index (κ2) is 6.35. The van der Waals surface area contributed by atoms with Gasteiger partial charge in [-0.3, -0.25) is 0 Å². The number of hydrogen-bond donors (Lipinski definition) is 1. The van der Waals surface area contributed by atoms with E-state index in [-0.39, 0.29) is 5.41 Å². The fraction of sp³-hybridized carbons (Fsp3) is 0.346. The molecular weight excluding hydrogens is 356 g/mol. The smallest absolute Gasteiger partial charge is 0.0837 e. The third-order valence-electron chi connectivity index (χ3n) is 7.38. The van der Waals surface area contributed by atoms with Gasteiger partial charge in [-0.25, -0.2) is 0 Å². The van der Waals surface area contributed by atoms with E-state index in [0.717, 1.165) is 24.9 Å². The number of nitrogens with zero attached hydrogens (tertiary/aromatic N) is 2. The first kappa shape index (κ1) is 18.2. The molecule has 3 nitrogen and oxygen atoms in total. The van der Waals surface area contributed by atoms with Gasteiger partial charge in [-0.05, 0) is 65.3 Å². The first-order chi connectivity index (χ1) is 14.0. The van der Waals surface area contributed by atoms with Gasteiger partial charge in [0, 0.05) is 24.1 Å². The van der Waals surface area contributed by atoms with Gasteiger partial charge in [-0.15, -0.1) is 0 Å². The van der Waals surface area contributed by atoms with Crippen molar-refractivity contribution in [1.29, 1.82) is 0 Å². The fourth-order valence-corrected chi connectivity index (χ4v) is 5.71.